The van der Waals surface area contributed by atoms with Crippen LogP contribution in [0.3, 0.4) is 0 Å². The Bertz CT molecular complexity index is 455. The van der Waals surface area contributed by atoms with Crippen molar-refractivity contribution in [2.75, 3.05) is 26.7 Å². The highest BCUT2D eigenvalue weighted by molar-refractivity contribution is 5.86. The summed E-state index contributed by atoms with van der Waals surface area (Å²) in [6.45, 7) is 10.4. The van der Waals surface area contributed by atoms with Gasteiger partial charge in [-0.2, -0.15) is 0 Å². The maximum absolute atomic E-state index is 12.7. The van der Waals surface area contributed by atoms with Gasteiger partial charge in [0.25, 0.3) is 0 Å². The minimum absolute atomic E-state index is 0.125. The van der Waals surface area contributed by atoms with Gasteiger partial charge in [0.05, 0.1) is 0 Å². The molecule has 130 valence electrons. The zero-order chi connectivity index (χ0) is 17.0. The molecule has 2 amide bonds. The molecule has 2 N–H and O–H groups in total. The monoisotopic (exact) mass is 321 g/mol. The number of likely N-dealkylation sites (tertiary alicyclic amines) is 1. The number of nitrogens with one attached hydrogen (secondary N) is 2. The topological polar surface area (TPSA) is 61.4 Å². The lowest BCUT2D eigenvalue weighted by Gasteiger charge is -2.42. The minimum atomic E-state index is -0.323. The number of hydrogen-bond donors (Lipinski definition) is 2. The van der Waals surface area contributed by atoms with E-state index in [4.69, 9.17) is 0 Å². The van der Waals surface area contributed by atoms with Gasteiger partial charge < -0.3 is 15.5 Å². The Balaban J connectivity index is 1.74. The molecule has 1 aliphatic heterocycles. The molecule has 0 bridgehead atoms. The van der Waals surface area contributed by atoms with Crippen molar-refractivity contribution in [2.24, 2.45) is 17.3 Å². The van der Waals surface area contributed by atoms with Crippen LogP contribution < -0.4 is 10.6 Å². The second-order valence-electron chi connectivity index (χ2n) is 7.78. The Hall–Kier alpha value is -1.36. The van der Waals surface area contributed by atoms with Gasteiger partial charge >= 0.3 is 0 Å². The highest BCUT2D eigenvalue weighted by Crippen LogP contribution is 2.35. The summed E-state index contributed by atoms with van der Waals surface area (Å²) >= 11 is 0. The Labute approximate surface area is 139 Å². The Morgan fingerprint density at radius 3 is 2.65 bits per heavy atom. The van der Waals surface area contributed by atoms with Crippen LogP contribution in [-0.4, -0.2) is 49.4 Å². The van der Waals surface area contributed by atoms with Gasteiger partial charge in [-0.05, 0) is 57.2 Å². The van der Waals surface area contributed by atoms with Crippen LogP contribution in [0.5, 0.6) is 0 Å². The van der Waals surface area contributed by atoms with Crippen molar-refractivity contribution in [3.05, 3.63) is 12.7 Å². The van der Waals surface area contributed by atoms with Crippen molar-refractivity contribution in [2.45, 2.75) is 45.6 Å². The number of carbonyl (C=O) groups excluding carboxylic acids is 2. The molecule has 2 aliphatic rings. The molecule has 5 heteroatoms. The molecule has 2 rings (SSSR count). The third-order valence-corrected chi connectivity index (χ3v) is 5.55. The second-order valence-corrected chi connectivity index (χ2v) is 7.78. The van der Waals surface area contributed by atoms with E-state index >= 15 is 0 Å². The largest absolute Gasteiger partial charge is 0.353 e. The summed E-state index contributed by atoms with van der Waals surface area (Å²) in [5.41, 5.74) is -0.323. The van der Waals surface area contributed by atoms with E-state index in [2.05, 4.69) is 43.0 Å². The van der Waals surface area contributed by atoms with Crippen molar-refractivity contribution in [3.8, 4) is 0 Å². The van der Waals surface area contributed by atoms with E-state index in [1.54, 1.807) is 0 Å². The maximum atomic E-state index is 12.7. The molecular formula is C18H31N3O2. The zero-order valence-corrected chi connectivity index (χ0v) is 14.7. The number of piperidine rings is 1. The second kappa shape index (κ2) is 7.47. The van der Waals surface area contributed by atoms with E-state index in [-0.39, 0.29) is 23.3 Å². The lowest BCUT2D eigenvalue weighted by molar-refractivity contribution is -0.135. The maximum Gasteiger partial charge on any atom is 0.243 e. The standard InChI is InChI=1S/C18H31N3O2/c1-5-16(22)19-11-13-9-15(10-13)20-17(23)18(2,3)14-7-6-8-21(4)12-14/h5,13-15H,1,6-12H2,2-4H3,(H,19,22)(H,20,23). The van der Waals surface area contributed by atoms with Crippen LogP contribution in [0.15, 0.2) is 12.7 Å². The number of hydrogen-bond acceptors (Lipinski definition) is 3. The molecule has 1 saturated carbocycles. The first kappa shape index (κ1) is 18.0. The minimum Gasteiger partial charge on any atom is -0.353 e. The fourth-order valence-electron chi connectivity index (χ4n) is 3.65. The molecule has 0 aromatic rings. The van der Waals surface area contributed by atoms with Gasteiger partial charge in [-0.3, -0.25) is 9.59 Å². The number of nitrogens with zero attached hydrogens (tertiary/aromatic N) is 1. The first-order valence-electron chi connectivity index (χ1n) is 8.72. The molecule has 0 spiro atoms. The van der Waals surface area contributed by atoms with Gasteiger partial charge in [0.1, 0.15) is 0 Å². The summed E-state index contributed by atoms with van der Waals surface area (Å²) in [6.07, 6.45) is 5.49. The Morgan fingerprint density at radius 2 is 2.04 bits per heavy atom. The van der Waals surface area contributed by atoms with Crippen molar-refractivity contribution in [3.63, 3.8) is 0 Å². The van der Waals surface area contributed by atoms with Crippen LogP contribution >= 0.6 is 0 Å². The van der Waals surface area contributed by atoms with E-state index in [1.807, 2.05) is 0 Å². The molecule has 1 unspecified atom stereocenters. The first-order chi connectivity index (χ1) is 10.8. The molecular weight excluding hydrogens is 290 g/mol. The quantitative estimate of drug-likeness (QED) is 0.730. The summed E-state index contributed by atoms with van der Waals surface area (Å²) in [6, 6.07) is 0.258. The number of amides is 2. The molecule has 1 saturated heterocycles. The summed E-state index contributed by atoms with van der Waals surface area (Å²) in [7, 11) is 2.13. The first-order valence-corrected chi connectivity index (χ1v) is 8.72. The molecule has 1 heterocycles. The van der Waals surface area contributed by atoms with E-state index in [1.165, 1.54) is 12.5 Å². The predicted octanol–water partition coefficient (Wildman–Crippen LogP) is 1.55. The van der Waals surface area contributed by atoms with Gasteiger partial charge in [0.15, 0.2) is 0 Å². The smallest absolute Gasteiger partial charge is 0.243 e. The van der Waals surface area contributed by atoms with Gasteiger partial charge in [-0.15, -0.1) is 0 Å². The van der Waals surface area contributed by atoms with Gasteiger partial charge in [0.2, 0.25) is 11.8 Å². The average molecular weight is 321 g/mol. The van der Waals surface area contributed by atoms with Gasteiger partial charge in [-0.25, -0.2) is 0 Å². The highest BCUT2D eigenvalue weighted by atomic mass is 16.2. The van der Waals surface area contributed by atoms with Crippen LogP contribution in [0.25, 0.3) is 0 Å². The van der Waals surface area contributed by atoms with Crippen molar-refractivity contribution < 1.29 is 9.59 Å². The van der Waals surface area contributed by atoms with Crippen molar-refractivity contribution in [1.82, 2.24) is 15.5 Å². The van der Waals surface area contributed by atoms with Gasteiger partial charge in [-0.1, -0.05) is 20.4 Å². The summed E-state index contributed by atoms with van der Waals surface area (Å²) in [5, 5.41) is 6.03. The third kappa shape index (κ3) is 4.56. The van der Waals surface area contributed by atoms with E-state index < -0.39 is 0 Å². The average Bonchev–Trinajstić information content (AvgIpc) is 2.48. The van der Waals surface area contributed by atoms with Crippen LogP contribution in [-0.2, 0) is 9.59 Å². The molecule has 5 nitrogen and oxygen atoms in total. The lowest BCUT2D eigenvalue weighted by atomic mass is 9.73. The predicted molar refractivity (Wildman–Crippen MR) is 91.9 cm³/mol. The fraction of sp³-hybridized carbons (Fsp3) is 0.778. The SMILES string of the molecule is C=CC(=O)NCC1CC(NC(=O)C(C)(C)C2CCCN(C)C2)C1. The summed E-state index contributed by atoms with van der Waals surface area (Å²) in [4.78, 5) is 26.2. The summed E-state index contributed by atoms with van der Waals surface area (Å²) in [5.74, 6) is 0.938. The van der Waals surface area contributed by atoms with Crippen LogP contribution in [0.2, 0.25) is 0 Å². The Morgan fingerprint density at radius 1 is 1.35 bits per heavy atom. The lowest BCUT2D eigenvalue weighted by Crippen LogP contribution is -2.54. The van der Waals surface area contributed by atoms with Crippen LogP contribution in [0, 0.1) is 17.3 Å². The third-order valence-electron chi connectivity index (χ3n) is 5.55. The molecule has 1 aliphatic carbocycles. The number of rotatable bonds is 6. The highest BCUT2D eigenvalue weighted by Gasteiger charge is 2.40. The summed E-state index contributed by atoms with van der Waals surface area (Å²) < 4.78 is 0. The van der Waals surface area contributed by atoms with Crippen molar-refractivity contribution in [1.29, 1.82) is 0 Å². The molecule has 23 heavy (non-hydrogen) atoms. The van der Waals surface area contributed by atoms with E-state index in [0.29, 0.717) is 18.4 Å². The van der Waals surface area contributed by atoms with E-state index in [9.17, 15) is 9.59 Å². The zero-order valence-electron chi connectivity index (χ0n) is 14.7. The van der Waals surface area contributed by atoms with Gasteiger partial charge in [0, 0.05) is 24.5 Å². The fourth-order valence-corrected chi connectivity index (χ4v) is 3.65. The molecule has 1 atom stereocenters. The molecule has 0 aromatic heterocycles. The van der Waals surface area contributed by atoms with E-state index in [0.717, 1.165) is 32.4 Å². The normalized spacial score (nSPS) is 28.6. The number of carbonyl (C=O) groups is 2. The van der Waals surface area contributed by atoms with Crippen LogP contribution in [0.1, 0.15) is 39.5 Å². The molecule has 2 fully saturated rings. The Kier molecular flexibility index (Phi) is 5.84. The van der Waals surface area contributed by atoms with Crippen molar-refractivity contribution >= 4 is 11.8 Å². The molecule has 0 radical (unpaired) electrons. The van der Waals surface area contributed by atoms with Crippen LogP contribution in [0.4, 0.5) is 0 Å². The molecule has 0 aromatic carbocycles.